The van der Waals surface area contributed by atoms with Gasteiger partial charge in [-0.3, -0.25) is 9.59 Å². The van der Waals surface area contributed by atoms with Crippen LogP contribution in [0.5, 0.6) is 0 Å². The molecule has 2 saturated carbocycles. The van der Waals surface area contributed by atoms with Crippen molar-refractivity contribution in [3.05, 3.63) is 0 Å². The number of amides is 1. The summed E-state index contributed by atoms with van der Waals surface area (Å²) in [5, 5.41) is 0. The number of carbonyl (C=O) groups is 2. The van der Waals surface area contributed by atoms with Gasteiger partial charge in [-0.25, -0.2) is 0 Å². The molecule has 3 nitrogen and oxygen atoms in total. The highest BCUT2D eigenvalue weighted by atomic mass is 16.2. The summed E-state index contributed by atoms with van der Waals surface area (Å²) in [4.78, 5) is 27.1. The molecular weight excluding hydrogens is 250 g/mol. The second-order valence-electron chi connectivity index (χ2n) is 6.89. The van der Waals surface area contributed by atoms with Crippen LogP contribution >= 0.6 is 0 Å². The highest BCUT2D eigenvalue weighted by Gasteiger charge is 2.39. The SMILES string of the molecule is O=C1CCCCC1C1CCCCN1C(=O)C1CCCC1. The third kappa shape index (κ3) is 2.77. The topological polar surface area (TPSA) is 37.4 Å². The summed E-state index contributed by atoms with van der Waals surface area (Å²) in [6, 6.07) is 0.227. The molecule has 0 N–H and O–H groups in total. The maximum absolute atomic E-state index is 12.8. The molecule has 112 valence electrons. The Kier molecular flexibility index (Phi) is 4.42. The molecule has 1 aliphatic heterocycles. The van der Waals surface area contributed by atoms with Gasteiger partial charge in [-0.2, -0.15) is 0 Å². The minimum absolute atomic E-state index is 0.148. The quantitative estimate of drug-likeness (QED) is 0.776. The zero-order chi connectivity index (χ0) is 13.9. The summed E-state index contributed by atoms with van der Waals surface area (Å²) in [5.74, 6) is 1.20. The molecule has 1 amide bonds. The monoisotopic (exact) mass is 277 g/mol. The molecule has 3 rings (SSSR count). The number of hydrogen-bond acceptors (Lipinski definition) is 2. The van der Waals surface area contributed by atoms with Crippen LogP contribution in [-0.4, -0.2) is 29.2 Å². The number of hydrogen-bond donors (Lipinski definition) is 0. The van der Waals surface area contributed by atoms with Gasteiger partial charge in [0.15, 0.2) is 0 Å². The lowest BCUT2D eigenvalue weighted by Crippen LogP contribution is -2.51. The van der Waals surface area contributed by atoms with E-state index in [4.69, 9.17) is 0 Å². The summed E-state index contributed by atoms with van der Waals surface area (Å²) < 4.78 is 0. The molecule has 2 unspecified atom stereocenters. The van der Waals surface area contributed by atoms with E-state index >= 15 is 0 Å². The van der Waals surface area contributed by atoms with Gasteiger partial charge in [0, 0.05) is 30.8 Å². The minimum Gasteiger partial charge on any atom is -0.339 e. The smallest absolute Gasteiger partial charge is 0.225 e. The van der Waals surface area contributed by atoms with Gasteiger partial charge in [0.05, 0.1) is 0 Å². The van der Waals surface area contributed by atoms with Crippen molar-refractivity contribution in [1.82, 2.24) is 4.90 Å². The van der Waals surface area contributed by atoms with Gasteiger partial charge in [-0.05, 0) is 44.9 Å². The third-order valence-corrected chi connectivity index (χ3v) is 5.60. The number of nitrogens with zero attached hydrogens (tertiary/aromatic N) is 1. The normalized spacial score (nSPS) is 32.6. The maximum atomic E-state index is 12.8. The van der Waals surface area contributed by atoms with Crippen LogP contribution in [0.15, 0.2) is 0 Å². The Bertz CT molecular complexity index is 373. The van der Waals surface area contributed by atoms with Crippen molar-refractivity contribution in [3.63, 3.8) is 0 Å². The van der Waals surface area contributed by atoms with Crippen molar-refractivity contribution in [1.29, 1.82) is 0 Å². The molecule has 20 heavy (non-hydrogen) atoms. The van der Waals surface area contributed by atoms with Gasteiger partial charge in [-0.15, -0.1) is 0 Å². The molecule has 3 aliphatic rings. The number of piperidine rings is 1. The zero-order valence-corrected chi connectivity index (χ0v) is 12.5. The molecule has 2 aliphatic carbocycles. The van der Waals surface area contributed by atoms with Crippen LogP contribution in [0.4, 0.5) is 0 Å². The van der Waals surface area contributed by atoms with Crippen LogP contribution < -0.4 is 0 Å². The van der Waals surface area contributed by atoms with Gasteiger partial charge >= 0.3 is 0 Å². The number of likely N-dealkylation sites (tertiary alicyclic amines) is 1. The summed E-state index contributed by atoms with van der Waals surface area (Å²) in [5.41, 5.74) is 0. The van der Waals surface area contributed by atoms with E-state index < -0.39 is 0 Å². The van der Waals surface area contributed by atoms with Crippen molar-refractivity contribution in [2.75, 3.05) is 6.54 Å². The van der Waals surface area contributed by atoms with Crippen molar-refractivity contribution >= 4 is 11.7 Å². The van der Waals surface area contributed by atoms with Crippen LogP contribution in [0, 0.1) is 11.8 Å². The van der Waals surface area contributed by atoms with Crippen LogP contribution in [0.1, 0.15) is 70.6 Å². The van der Waals surface area contributed by atoms with Gasteiger partial charge < -0.3 is 4.90 Å². The van der Waals surface area contributed by atoms with E-state index in [2.05, 4.69) is 4.90 Å². The summed E-state index contributed by atoms with van der Waals surface area (Å²) in [7, 11) is 0. The Labute approximate surface area is 122 Å². The second-order valence-corrected chi connectivity index (χ2v) is 6.89. The molecular formula is C17H27NO2. The molecule has 3 fully saturated rings. The van der Waals surface area contributed by atoms with Gasteiger partial charge in [-0.1, -0.05) is 19.3 Å². The van der Waals surface area contributed by atoms with Crippen LogP contribution in [-0.2, 0) is 9.59 Å². The van der Waals surface area contributed by atoms with E-state index in [0.29, 0.717) is 11.7 Å². The molecule has 3 heteroatoms. The zero-order valence-electron chi connectivity index (χ0n) is 12.5. The molecule has 2 atom stereocenters. The first-order valence-electron chi connectivity index (χ1n) is 8.60. The van der Waals surface area contributed by atoms with Crippen LogP contribution in [0.2, 0.25) is 0 Å². The first kappa shape index (κ1) is 14.1. The lowest BCUT2D eigenvalue weighted by atomic mass is 9.78. The lowest BCUT2D eigenvalue weighted by Gasteiger charge is -2.42. The minimum atomic E-state index is 0.148. The fourth-order valence-corrected chi connectivity index (χ4v) is 4.47. The molecule has 0 aromatic rings. The Balaban J connectivity index is 1.72. The number of carbonyl (C=O) groups excluding carboxylic acids is 2. The fraction of sp³-hybridized carbons (Fsp3) is 0.882. The Morgan fingerprint density at radius 1 is 0.900 bits per heavy atom. The molecule has 0 aromatic carbocycles. The van der Waals surface area contributed by atoms with Crippen molar-refractivity contribution in [3.8, 4) is 0 Å². The molecule has 0 bridgehead atoms. The maximum Gasteiger partial charge on any atom is 0.225 e. The summed E-state index contributed by atoms with van der Waals surface area (Å²) in [6.45, 7) is 0.893. The summed E-state index contributed by atoms with van der Waals surface area (Å²) >= 11 is 0. The van der Waals surface area contributed by atoms with Crippen molar-refractivity contribution in [2.24, 2.45) is 11.8 Å². The molecule has 1 saturated heterocycles. The third-order valence-electron chi connectivity index (χ3n) is 5.60. The van der Waals surface area contributed by atoms with Crippen LogP contribution in [0.3, 0.4) is 0 Å². The average molecular weight is 277 g/mol. The highest BCUT2D eigenvalue weighted by Crippen LogP contribution is 2.35. The predicted octanol–water partition coefficient (Wildman–Crippen LogP) is 3.32. The Morgan fingerprint density at radius 3 is 2.35 bits per heavy atom. The average Bonchev–Trinajstić information content (AvgIpc) is 3.01. The molecule has 0 aromatic heterocycles. The van der Waals surface area contributed by atoms with E-state index in [1.807, 2.05) is 0 Å². The fourth-order valence-electron chi connectivity index (χ4n) is 4.47. The number of Topliss-reactive ketones (excluding diaryl/α,β-unsaturated/α-hetero) is 1. The Hall–Kier alpha value is -0.860. The molecule has 1 heterocycles. The van der Waals surface area contributed by atoms with E-state index in [9.17, 15) is 9.59 Å². The highest BCUT2D eigenvalue weighted by molar-refractivity contribution is 5.84. The second kappa shape index (κ2) is 6.28. The van der Waals surface area contributed by atoms with Crippen LogP contribution in [0.25, 0.3) is 0 Å². The Morgan fingerprint density at radius 2 is 1.60 bits per heavy atom. The van der Waals surface area contributed by atoms with E-state index in [1.54, 1.807) is 0 Å². The molecule has 0 radical (unpaired) electrons. The van der Waals surface area contributed by atoms with Crippen molar-refractivity contribution < 1.29 is 9.59 Å². The standard InChI is InChI=1S/C17H27NO2/c19-16-11-4-3-9-14(16)15-10-5-6-12-18(15)17(20)13-7-1-2-8-13/h13-15H,1-12H2. The number of rotatable bonds is 2. The van der Waals surface area contributed by atoms with Gasteiger partial charge in [0.25, 0.3) is 0 Å². The van der Waals surface area contributed by atoms with E-state index in [-0.39, 0.29) is 17.9 Å². The first-order chi connectivity index (χ1) is 9.77. The number of ketones is 1. The van der Waals surface area contributed by atoms with Crippen molar-refractivity contribution in [2.45, 2.75) is 76.7 Å². The lowest BCUT2D eigenvalue weighted by molar-refractivity contribution is -0.143. The first-order valence-corrected chi connectivity index (χ1v) is 8.60. The van der Waals surface area contributed by atoms with Gasteiger partial charge in [0.2, 0.25) is 5.91 Å². The molecule has 0 spiro atoms. The van der Waals surface area contributed by atoms with Gasteiger partial charge in [0.1, 0.15) is 5.78 Å². The largest absolute Gasteiger partial charge is 0.339 e. The summed E-state index contributed by atoms with van der Waals surface area (Å²) in [6.07, 6.45) is 11.9. The van der Waals surface area contributed by atoms with E-state index in [0.717, 1.165) is 51.5 Å². The van der Waals surface area contributed by atoms with E-state index in [1.165, 1.54) is 25.7 Å². The predicted molar refractivity (Wildman–Crippen MR) is 78.3 cm³/mol.